The van der Waals surface area contributed by atoms with E-state index >= 15 is 0 Å². The minimum atomic E-state index is -0.547. The molecule has 0 saturated carbocycles. The van der Waals surface area contributed by atoms with Crippen molar-refractivity contribution in [3.8, 4) is 0 Å². The highest BCUT2D eigenvalue weighted by atomic mass is 16.3. The van der Waals surface area contributed by atoms with Crippen molar-refractivity contribution in [2.75, 3.05) is 25.5 Å². The van der Waals surface area contributed by atoms with Crippen molar-refractivity contribution in [2.45, 2.75) is 20.8 Å². The third-order valence-corrected chi connectivity index (χ3v) is 3.93. The smallest absolute Gasteiger partial charge is 0.305 e. The Morgan fingerprint density at radius 3 is 2.22 bits per heavy atom. The minimum absolute atomic E-state index is 0.0255. The largest absolute Gasteiger partial charge is 0.459 e. The van der Waals surface area contributed by atoms with Crippen LogP contribution in [0.2, 0.25) is 0 Å². The van der Waals surface area contributed by atoms with Gasteiger partial charge in [0.05, 0.1) is 13.3 Å². The van der Waals surface area contributed by atoms with E-state index in [-0.39, 0.29) is 24.8 Å². The van der Waals surface area contributed by atoms with Crippen molar-refractivity contribution < 1.29 is 23.7 Å². The fraction of sp³-hybridized carbons (Fsp3) is 0.316. The van der Waals surface area contributed by atoms with E-state index in [1.165, 1.54) is 12.3 Å². The Kier molecular flexibility index (Phi) is 6.73. The van der Waals surface area contributed by atoms with E-state index in [9.17, 15) is 14.4 Å². The van der Waals surface area contributed by atoms with Gasteiger partial charge in [-0.1, -0.05) is 17.7 Å². The number of nitrogens with one attached hydrogen (secondary N) is 4. The lowest BCUT2D eigenvalue weighted by Crippen LogP contribution is -3.11. The number of benzene rings is 1. The van der Waals surface area contributed by atoms with Gasteiger partial charge in [-0.25, -0.2) is 0 Å². The van der Waals surface area contributed by atoms with Gasteiger partial charge in [0, 0.05) is 5.69 Å². The number of hydrogen-bond acceptors (Lipinski definition) is 4. The van der Waals surface area contributed by atoms with E-state index in [1.54, 1.807) is 13.1 Å². The Hall–Kier alpha value is -3.13. The van der Waals surface area contributed by atoms with Crippen molar-refractivity contribution >= 4 is 23.4 Å². The molecule has 27 heavy (non-hydrogen) atoms. The maximum atomic E-state index is 12.3. The first-order chi connectivity index (χ1) is 12.8. The number of likely N-dealkylation sites (N-methyl/N-ethyl adjacent to an activating group) is 1. The highest BCUT2D eigenvalue weighted by Crippen LogP contribution is 2.21. The molecule has 0 fully saturated rings. The van der Waals surface area contributed by atoms with Crippen molar-refractivity contribution in [1.29, 1.82) is 0 Å². The summed E-state index contributed by atoms with van der Waals surface area (Å²) in [5.41, 5.74) is 8.49. The minimum Gasteiger partial charge on any atom is -0.459 e. The highest BCUT2D eigenvalue weighted by molar-refractivity contribution is 5.94. The van der Waals surface area contributed by atoms with Crippen LogP contribution >= 0.6 is 0 Å². The first-order valence-electron chi connectivity index (χ1n) is 8.58. The molecule has 0 aliphatic carbocycles. The fourth-order valence-corrected chi connectivity index (χ4v) is 2.81. The molecule has 1 heterocycles. The maximum Gasteiger partial charge on any atom is 0.305 e. The zero-order valence-electron chi connectivity index (χ0n) is 15.9. The Morgan fingerprint density at radius 1 is 1.00 bits per heavy atom. The summed E-state index contributed by atoms with van der Waals surface area (Å²) < 4.78 is 4.92. The number of aryl methyl sites for hydroxylation is 3. The van der Waals surface area contributed by atoms with E-state index in [0.29, 0.717) is 4.90 Å². The number of furan rings is 1. The van der Waals surface area contributed by atoms with Crippen LogP contribution < -0.4 is 21.1 Å². The van der Waals surface area contributed by atoms with Gasteiger partial charge < -0.3 is 14.6 Å². The summed E-state index contributed by atoms with van der Waals surface area (Å²) >= 11 is 0. The molecule has 0 aliphatic rings. The Morgan fingerprint density at radius 2 is 1.63 bits per heavy atom. The number of hydrogen-bond donors (Lipinski definition) is 4. The molecule has 0 bridgehead atoms. The molecule has 0 saturated heterocycles. The number of amides is 3. The van der Waals surface area contributed by atoms with E-state index in [1.807, 2.05) is 32.9 Å². The molecule has 1 atom stereocenters. The lowest BCUT2D eigenvalue weighted by Gasteiger charge is -2.16. The van der Waals surface area contributed by atoms with Gasteiger partial charge in [-0.2, -0.15) is 0 Å². The summed E-state index contributed by atoms with van der Waals surface area (Å²) in [6, 6.07) is 7.08. The normalized spacial score (nSPS) is 11.6. The lowest BCUT2D eigenvalue weighted by molar-refractivity contribution is -0.862. The third-order valence-electron chi connectivity index (χ3n) is 3.93. The van der Waals surface area contributed by atoms with Gasteiger partial charge in [-0.3, -0.25) is 25.2 Å². The molecule has 4 N–H and O–H groups in total. The average Bonchev–Trinajstić information content (AvgIpc) is 3.10. The molecular formula is C19H25N4O4+. The molecule has 0 radical (unpaired) electrons. The summed E-state index contributed by atoms with van der Waals surface area (Å²) in [6.45, 7) is 6.04. The van der Waals surface area contributed by atoms with Crippen LogP contribution in [-0.4, -0.2) is 37.9 Å². The number of rotatable bonds is 6. The predicted molar refractivity (Wildman–Crippen MR) is 100 cm³/mol. The second-order valence-electron chi connectivity index (χ2n) is 6.61. The van der Waals surface area contributed by atoms with E-state index < -0.39 is 11.8 Å². The SMILES string of the molecule is Cc1cc(C)c(NC(=O)C[NH+](C)CC(=O)NNC(=O)c2ccco2)c(C)c1. The van der Waals surface area contributed by atoms with Crippen molar-refractivity contribution in [1.82, 2.24) is 10.9 Å². The predicted octanol–water partition coefficient (Wildman–Crippen LogP) is 0.119. The fourth-order valence-electron chi connectivity index (χ4n) is 2.81. The molecule has 2 aromatic rings. The standard InChI is InChI=1S/C19H24N4O4/c1-12-8-13(2)18(14(3)9-12)20-16(24)10-23(4)11-17(25)21-22-19(26)15-6-5-7-27-15/h5-9H,10-11H2,1-4H3,(H,20,24)(H,21,25)(H,22,26)/p+1. The molecule has 1 aromatic carbocycles. The number of carbonyl (C=O) groups excluding carboxylic acids is 3. The molecule has 0 aliphatic heterocycles. The number of hydrazine groups is 1. The molecule has 1 aromatic heterocycles. The Balaban J connectivity index is 1.79. The average molecular weight is 373 g/mol. The number of quaternary nitrogens is 1. The van der Waals surface area contributed by atoms with Gasteiger partial charge in [0.1, 0.15) is 0 Å². The van der Waals surface area contributed by atoms with Gasteiger partial charge >= 0.3 is 5.91 Å². The highest BCUT2D eigenvalue weighted by Gasteiger charge is 2.17. The molecule has 8 nitrogen and oxygen atoms in total. The first kappa shape index (κ1) is 20.2. The van der Waals surface area contributed by atoms with Crippen LogP contribution in [0.25, 0.3) is 0 Å². The van der Waals surface area contributed by atoms with Crippen LogP contribution in [0.5, 0.6) is 0 Å². The van der Waals surface area contributed by atoms with Crippen LogP contribution in [0.15, 0.2) is 34.9 Å². The first-order valence-corrected chi connectivity index (χ1v) is 8.58. The van der Waals surface area contributed by atoms with Gasteiger partial charge in [0.2, 0.25) is 0 Å². The van der Waals surface area contributed by atoms with E-state index in [4.69, 9.17) is 4.42 Å². The second kappa shape index (κ2) is 9.00. The number of anilines is 1. The summed E-state index contributed by atoms with van der Waals surface area (Å²) in [5.74, 6) is -1.05. The van der Waals surface area contributed by atoms with E-state index in [2.05, 4.69) is 16.2 Å². The van der Waals surface area contributed by atoms with Gasteiger partial charge in [0.15, 0.2) is 18.8 Å². The summed E-state index contributed by atoms with van der Waals surface area (Å²) in [4.78, 5) is 36.5. The van der Waals surface area contributed by atoms with Gasteiger partial charge in [-0.15, -0.1) is 0 Å². The van der Waals surface area contributed by atoms with Crippen LogP contribution in [0.4, 0.5) is 5.69 Å². The zero-order valence-corrected chi connectivity index (χ0v) is 15.9. The molecule has 144 valence electrons. The molecule has 1 unspecified atom stereocenters. The maximum absolute atomic E-state index is 12.3. The van der Waals surface area contributed by atoms with Crippen molar-refractivity contribution in [3.63, 3.8) is 0 Å². The van der Waals surface area contributed by atoms with Crippen molar-refractivity contribution in [2.24, 2.45) is 0 Å². The van der Waals surface area contributed by atoms with Gasteiger partial charge in [-0.05, 0) is 44.0 Å². The van der Waals surface area contributed by atoms with E-state index in [0.717, 1.165) is 22.4 Å². The lowest BCUT2D eigenvalue weighted by atomic mass is 10.1. The second-order valence-corrected chi connectivity index (χ2v) is 6.61. The topological polar surface area (TPSA) is 105 Å². The van der Waals surface area contributed by atoms with Crippen molar-refractivity contribution in [3.05, 3.63) is 53.0 Å². The van der Waals surface area contributed by atoms with Crippen LogP contribution in [0, 0.1) is 20.8 Å². The monoisotopic (exact) mass is 373 g/mol. The Bertz CT molecular complexity index is 807. The molecule has 8 heteroatoms. The summed E-state index contributed by atoms with van der Waals surface area (Å²) in [7, 11) is 1.72. The Labute approximate surface area is 157 Å². The third kappa shape index (κ3) is 5.96. The molecule has 0 spiro atoms. The summed E-state index contributed by atoms with van der Waals surface area (Å²) in [5, 5.41) is 2.91. The summed E-state index contributed by atoms with van der Waals surface area (Å²) in [6.07, 6.45) is 1.37. The zero-order chi connectivity index (χ0) is 20.0. The number of carbonyl (C=O) groups is 3. The molecular weight excluding hydrogens is 348 g/mol. The van der Waals surface area contributed by atoms with Crippen LogP contribution in [-0.2, 0) is 9.59 Å². The van der Waals surface area contributed by atoms with Crippen LogP contribution in [0.1, 0.15) is 27.2 Å². The molecule has 2 rings (SSSR count). The molecule has 3 amide bonds. The quantitative estimate of drug-likeness (QED) is 0.540. The van der Waals surface area contributed by atoms with Gasteiger partial charge in [0.25, 0.3) is 11.8 Å². The van der Waals surface area contributed by atoms with Crippen LogP contribution in [0.3, 0.4) is 0 Å².